The second kappa shape index (κ2) is 13.5. The Morgan fingerprint density at radius 3 is 2.36 bits per heavy atom. The highest BCUT2D eigenvalue weighted by atomic mass is 32.1. The van der Waals surface area contributed by atoms with Crippen molar-refractivity contribution in [2.75, 3.05) is 19.0 Å². The highest BCUT2D eigenvalue weighted by molar-refractivity contribution is 7.80. The first-order valence-corrected chi connectivity index (χ1v) is 10.6. The molecule has 0 heterocycles. The Kier molecular flexibility index (Phi) is 10.4. The van der Waals surface area contributed by atoms with Crippen LogP contribution in [0, 0.1) is 0 Å². The fourth-order valence-corrected chi connectivity index (χ4v) is 2.75. The predicted octanol–water partition coefficient (Wildman–Crippen LogP) is 2.55. The summed E-state index contributed by atoms with van der Waals surface area (Å²) in [4.78, 5) is 35.9. The van der Waals surface area contributed by atoms with Crippen LogP contribution in [0.5, 0.6) is 11.5 Å². The number of benzene rings is 2. The molecule has 0 atom stereocenters. The lowest BCUT2D eigenvalue weighted by Gasteiger charge is -2.10. The minimum Gasteiger partial charge on any atom is -0.496 e. The predicted molar refractivity (Wildman–Crippen MR) is 130 cm³/mol. The molecule has 0 saturated heterocycles. The molecule has 0 aromatic heterocycles. The van der Waals surface area contributed by atoms with Gasteiger partial charge in [0.15, 0.2) is 5.11 Å². The Hall–Kier alpha value is -3.92. The molecule has 0 unspecified atom stereocenters. The van der Waals surface area contributed by atoms with Crippen molar-refractivity contribution in [3.63, 3.8) is 0 Å². The Morgan fingerprint density at radius 1 is 0.970 bits per heavy atom. The summed E-state index contributed by atoms with van der Waals surface area (Å²) < 4.78 is 10.5. The van der Waals surface area contributed by atoms with E-state index in [9.17, 15) is 14.4 Å². The molecule has 0 radical (unpaired) electrons. The summed E-state index contributed by atoms with van der Waals surface area (Å²) in [5.41, 5.74) is 6.09. The van der Waals surface area contributed by atoms with Crippen LogP contribution >= 0.6 is 12.2 Å². The molecule has 9 nitrogen and oxygen atoms in total. The summed E-state index contributed by atoms with van der Waals surface area (Å²) >= 11 is 4.97. The van der Waals surface area contributed by atoms with Crippen molar-refractivity contribution >= 4 is 46.8 Å². The first-order valence-electron chi connectivity index (χ1n) is 10.1. The fourth-order valence-electron chi connectivity index (χ4n) is 2.60. The molecule has 174 valence electrons. The van der Waals surface area contributed by atoms with Crippen molar-refractivity contribution in [1.29, 1.82) is 0 Å². The summed E-state index contributed by atoms with van der Waals surface area (Å²) in [7, 11) is 1.54. The molecule has 0 fully saturated rings. The van der Waals surface area contributed by atoms with Crippen molar-refractivity contribution in [1.82, 2.24) is 16.2 Å². The Morgan fingerprint density at radius 2 is 1.67 bits per heavy atom. The van der Waals surface area contributed by atoms with Gasteiger partial charge in [-0.2, -0.15) is 0 Å². The normalized spacial score (nSPS) is 10.2. The summed E-state index contributed by atoms with van der Waals surface area (Å²) in [6.07, 6.45) is 2.78. The SMILES string of the molecule is CCOc1ccc(NC(=O)CCC(=O)NNC(=S)NC(=O)/C=C/c2ccccc2OC)cc1. The van der Waals surface area contributed by atoms with Gasteiger partial charge in [0, 0.05) is 30.2 Å². The second-order valence-electron chi connectivity index (χ2n) is 6.57. The van der Waals surface area contributed by atoms with Gasteiger partial charge in [0.1, 0.15) is 11.5 Å². The van der Waals surface area contributed by atoms with Gasteiger partial charge in [0.2, 0.25) is 17.7 Å². The number of hydrogen-bond donors (Lipinski definition) is 4. The van der Waals surface area contributed by atoms with E-state index < -0.39 is 11.8 Å². The third kappa shape index (κ3) is 9.40. The number of rotatable bonds is 9. The maximum absolute atomic E-state index is 12.0. The van der Waals surface area contributed by atoms with Gasteiger partial charge in [0.25, 0.3) is 0 Å². The second-order valence-corrected chi connectivity index (χ2v) is 6.98. The molecule has 10 heteroatoms. The van der Waals surface area contributed by atoms with Crippen LogP contribution in [0.1, 0.15) is 25.3 Å². The summed E-state index contributed by atoms with van der Waals surface area (Å²) in [5, 5.41) is 5.02. The van der Waals surface area contributed by atoms with E-state index in [1.54, 1.807) is 42.5 Å². The van der Waals surface area contributed by atoms with E-state index in [-0.39, 0.29) is 23.9 Å². The lowest BCUT2D eigenvalue weighted by Crippen LogP contribution is -2.48. The maximum atomic E-state index is 12.0. The van der Waals surface area contributed by atoms with Crippen LogP contribution in [0.2, 0.25) is 0 Å². The topological polar surface area (TPSA) is 118 Å². The molecule has 0 aliphatic heterocycles. The molecule has 4 N–H and O–H groups in total. The van der Waals surface area contributed by atoms with Crippen LogP contribution < -0.4 is 31.0 Å². The lowest BCUT2D eigenvalue weighted by molar-refractivity contribution is -0.124. The third-order valence-corrected chi connectivity index (χ3v) is 4.34. The number of methoxy groups -OCH3 is 1. The number of anilines is 1. The number of hydrogen-bond acceptors (Lipinski definition) is 6. The zero-order valence-corrected chi connectivity index (χ0v) is 19.2. The van der Waals surface area contributed by atoms with Crippen LogP contribution in [0.25, 0.3) is 6.08 Å². The zero-order valence-electron chi connectivity index (χ0n) is 18.3. The van der Waals surface area contributed by atoms with Gasteiger partial charge in [-0.25, -0.2) is 0 Å². The standard InChI is InChI=1S/C23H26N4O5S/c1-3-32-18-11-9-17(10-12-18)24-20(28)14-15-22(30)26-27-23(33)25-21(29)13-8-16-6-4-5-7-19(16)31-2/h4-13H,3,14-15H2,1-2H3,(H,24,28)(H,26,30)(H2,25,27,29,33)/b13-8+. The van der Waals surface area contributed by atoms with E-state index >= 15 is 0 Å². The molecule has 33 heavy (non-hydrogen) atoms. The van der Waals surface area contributed by atoms with E-state index in [4.69, 9.17) is 21.7 Å². The highest BCUT2D eigenvalue weighted by Crippen LogP contribution is 2.18. The van der Waals surface area contributed by atoms with Gasteiger partial charge in [-0.15, -0.1) is 0 Å². The van der Waals surface area contributed by atoms with Crippen LogP contribution in [-0.2, 0) is 14.4 Å². The molecule has 0 aliphatic rings. The van der Waals surface area contributed by atoms with Crippen molar-refractivity contribution in [2.24, 2.45) is 0 Å². The Labute approximate surface area is 197 Å². The minimum atomic E-state index is -0.484. The number of carbonyl (C=O) groups excluding carboxylic acids is 3. The number of nitrogens with one attached hydrogen (secondary N) is 4. The first kappa shape index (κ1) is 25.3. The molecular formula is C23H26N4O5S. The van der Waals surface area contributed by atoms with Crippen LogP contribution in [0.3, 0.4) is 0 Å². The summed E-state index contributed by atoms with van der Waals surface area (Å²) in [6, 6.07) is 14.1. The van der Waals surface area contributed by atoms with Crippen molar-refractivity contribution in [3.05, 3.63) is 60.2 Å². The van der Waals surface area contributed by atoms with Gasteiger partial charge < -0.3 is 14.8 Å². The van der Waals surface area contributed by atoms with Gasteiger partial charge >= 0.3 is 0 Å². The van der Waals surface area contributed by atoms with E-state index in [1.807, 2.05) is 19.1 Å². The summed E-state index contributed by atoms with van der Waals surface area (Å²) in [6.45, 7) is 2.44. The Balaban J connectivity index is 1.67. The number of thiocarbonyl (C=S) groups is 1. The van der Waals surface area contributed by atoms with E-state index in [0.717, 1.165) is 5.56 Å². The maximum Gasteiger partial charge on any atom is 0.250 e. The van der Waals surface area contributed by atoms with Crippen molar-refractivity contribution in [2.45, 2.75) is 19.8 Å². The number of para-hydroxylation sites is 1. The van der Waals surface area contributed by atoms with Crippen LogP contribution in [-0.4, -0.2) is 36.6 Å². The number of carbonyl (C=O) groups is 3. The molecule has 3 amide bonds. The Bertz CT molecular complexity index is 1010. The minimum absolute atomic E-state index is 0.0263. The van der Waals surface area contributed by atoms with E-state index in [1.165, 1.54) is 13.2 Å². The van der Waals surface area contributed by atoms with Gasteiger partial charge in [-0.1, -0.05) is 18.2 Å². The smallest absolute Gasteiger partial charge is 0.250 e. The third-order valence-electron chi connectivity index (χ3n) is 4.13. The molecule has 2 aromatic carbocycles. The number of amides is 3. The first-order chi connectivity index (χ1) is 15.9. The van der Waals surface area contributed by atoms with Crippen molar-refractivity contribution < 1.29 is 23.9 Å². The zero-order chi connectivity index (χ0) is 24.1. The molecule has 0 aliphatic carbocycles. The van der Waals surface area contributed by atoms with Gasteiger partial charge in [0.05, 0.1) is 13.7 Å². The average molecular weight is 471 g/mol. The molecule has 2 aromatic rings. The number of hydrazine groups is 1. The van der Waals surface area contributed by atoms with Crippen molar-refractivity contribution in [3.8, 4) is 11.5 Å². The number of ether oxygens (including phenoxy) is 2. The van der Waals surface area contributed by atoms with Crippen LogP contribution in [0.4, 0.5) is 5.69 Å². The summed E-state index contributed by atoms with van der Waals surface area (Å²) in [5.74, 6) is 0.0763. The molecular weight excluding hydrogens is 444 g/mol. The van der Waals surface area contributed by atoms with Crippen LogP contribution in [0.15, 0.2) is 54.6 Å². The van der Waals surface area contributed by atoms with E-state index in [0.29, 0.717) is 23.8 Å². The molecule has 0 bridgehead atoms. The molecule has 0 spiro atoms. The largest absolute Gasteiger partial charge is 0.496 e. The van der Waals surface area contributed by atoms with Gasteiger partial charge in [-0.3, -0.25) is 30.6 Å². The fraction of sp³-hybridized carbons (Fsp3) is 0.217. The lowest BCUT2D eigenvalue weighted by atomic mass is 10.2. The van der Waals surface area contributed by atoms with Gasteiger partial charge in [-0.05, 0) is 55.5 Å². The average Bonchev–Trinajstić information content (AvgIpc) is 2.81. The quantitative estimate of drug-likeness (QED) is 0.253. The highest BCUT2D eigenvalue weighted by Gasteiger charge is 2.09. The molecule has 0 saturated carbocycles. The van der Waals surface area contributed by atoms with E-state index in [2.05, 4.69) is 21.5 Å². The molecule has 2 rings (SSSR count). The monoisotopic (exact) mass is 470 g/mol.